The van der Waals surface area contributed by atoms with Crippen molar-refractivity contribution in [2.45, 2.75) is 24.8 Å². The van der Waals surface area contributed by atoms with E-state index in [1.807, 2.05) is 12.1 Å². The maximum atomic E-state index is 11.2. The second-order valence-corrected chi connectivity index (χ2v) is 4.64. The standard InChI is InChI=1S/C12H13ClN4O/c13-6-10-16-9-2-1-5-14-12(9)17(10)8-3-4-11(18)15-7-8/h1-2,5,8H,3-4,6-7H2,(H,15,18). The van der Waals surface area contributed by atoms with Gasteiger partial charge < -0.3 is 9.88 Å². The molecule has 6 heteroatoms. The molecule has 0 saturated carbocycles. The minimum Gasteiger partial charge on any atom is -0.354 e. The van der Waals surface area contributed by atoms with E-state index in [0.717, 1.165) is 23.4 Å². The largest absolute Gasteiger partial charge is 0.354 e. The third kappa shape index (κ3) is 1.84. The van der Waals surface area contributed by atoms with Gasteiger partial charge in [-0.25, -0.2) is 9.97 Å². The van der Waals surface area contributed by atoms with Crippen LogP contribution >= 0.6 is 11.6 Å². The number of rotatable bonds is 2. The molecule has 0 aromatic carbocycles. The lowest BCUT2D eigenvalue weighted by Gasteiger charge is -2.25. The molecular weight excluding hydrogens is 252 g/mol. The predicted molar refractivity (Wildman–Crippen MR) is 68.4 cm³/mol. The lowest BCUT2D eigenvalue weighted by atomic mass is 10.1. The first kappa shape index (κ1) is 11.5. The summed E-state index contributed by atoms with van der Waals surface area (Å²) in [6.45, 7) is 0.616. The Labute approximate surface area is 109 Å². The van der Waals surface area contributed by atoms with Crippen LogP contribution < -0.4 is 5.32 Å². The molecule has 1 aliphatic heterocycles. The van der Waals surface area contributed by atoms with Gasteiger partial charge in [0.25, 0.3) is 0 Å². The fraction of sp³-hybridized carbons (Fsp3) is 0.417. The van der Waals surface area contributed by atoms with Crippen molar-refractivity contribution >= 4 is 28.7 Å². The Morgan fingerprint density at radius 2 is 2.44 bits per heavy atom. The van der Waals surface area contributed by atoms with Crippen LogP contribution in [0.5, 0.6) is 0 Å². The van der Waals surface area contributed by atoms with Crippen molar-refractivity contribution in [2.75, 3.05) is 6.54 Å². The Hall–Kier alpha value is -1.62. The predicted octanol–water partition coefficient (Wildman–Crippen LogP) is 1.62. The molecule has 18 heavy (non-hydrogen) atoms. The summed E-state index contributed by atoms with van der Waals surface area (Å²) in [6.07, 6.45) is 3.09. The van der Waals surface area contributed by atoms with Crippen LogP contribution in [0.4, 0.5) is 0 Å². The summed E-state index contributed by atoms with van der Waals surface area (Å²) in [6, 6.07) is 3.98. The number of hydrogen-bond acceptors (Lipinski definition) is 3. The van der Waals surface area contributed by atoms with Gasteiger partial charge in [-0.05, 0) is 18.6 Å². The van der Waals surface area contributed by atoms with Gasteiger partial charge >= 0.3 is 0 Å². The van der Waals surface area contributed by atoms with E-state index in [2.05, 4.69) is 19.9 Å². The fourth-order valence-electron chi connectivity index (χ4n) is 2.39. The van der Waals surface area contributed by atoms with E-state index < -0.39 is 0 Å². The molecule has 0 radical (unpaired) electrons. The minimum atomic E-state index is 0.107. The second-order valence-electron chi connectivity index (χ2n) is 4.37. The molecule has 94 valence electrons. The first-order valence-electron chi connectivity index (χ1n) is 5.94. The topological polar surface area (TPSA) is 59.8 Å². The molecule has 1 atom stereocenters. The molecule has 1 aliphatic rings. The van der Waals surface area contributed by atoms with Crippen LogP contribution in [0.25, 0.3) is 11.2 Å². The molecule has 1 unspecified atom stereocenters. The van der Waals surface area contributed by atoms with Crippen LogP contribution in [-0.2, 0) is 10.7 Å². The van der Waals surface area contributed by atoms with Crippen molar-refractivity contribution < 1.29 is 4.79 Å². The zero-order chi connectivity index (χ0) is 12.5. The Morgan fingerprint density at radius 3 is 3.17 bits per heavy atom. The average Bonchev–Trinajstić information content (AvgIpc) is 2.78. The van der Waals surface area contributed by atoms with Crippen molar-refractivity contribution in [3.05, 3.63) is 24.2 Å². The lowest BCUT2D eigenvalue weighted by molar-refractivity contribution is -0.122. The summed E-state index contributed by atoms with van der Waals surface area (Å²) in [7, 11) is 0. The Bertz CT molecular complexity index is 585. The quantitative estimate of drug-likeness (QED) is 0.839. The highest BCUT2D eigenvalue weighted by molar-refractivity contribution is 6.16. The molecule has 3 heterocycles. The molecule has 1 saturated heterocycles. The van der Waals surface area contributed by atoms with Gasteiger partial charge in [-0.2, -0.15) is 0 Å². The number of nitrogens with one attached hydrogen (secondary N) is 1. The number of carbonyl (C=O) groups is 1. The van der Waals surface area contributed by atoms with Crippen molar-refractivity contribution in [2.24, 2.45) is 0 Å². The molecule has 0 spiro atoms. The van der Waals surface area contributed by atoms with Crippen LogP contribution in [-0.4, -0.2) is 27.0 Å². The highest BCUT2D eigenvalue weighted by Crippen LogP contribution is 2.25. The maximum Gasteiger partial charge on any atom is 0.220 e. The first-order chi connectivity index (χ1) is 8.79. The number of halogens is 1. The summed E-state index contributed by atoms with van der Waals surface area (Å²) in [5.41, 5.74) is 1.69. The van der Waals surface area contributed by atoms with Gasteiger partial charge in [-0.3, -0.25) is 4.79 Å². The molecule has 2 aromatic rings. The molecular formula is C12H13ClN4O. The van der Waals surface area contributed by atoms with Crippen molar-refractivity contribution in [1.82, 2.24) is 19.9 Å². The van der Waals surface area contributed by atoms with E-state index in [4.69, 9.17) is 11.6 Å². The number of carbonyl (C=O) groups excluding carboxylic acids is 1. The molecule has 3 rings (SSSR count). The van der Waals surface area contributed by atoms with Crippen LogP contribution in [0, 0.1) is 0 Å². The number of alkyl halides is 1. The van der Waals surface area contributed by atoms with E-state index in [1.54, 1.807) is 6.20 Å². The number of pyridine rings is 1. The number of hydrogen-bond donors (Lipinski definition) is 1. The highest BCUT2D eigenvalue weighted by Gasteiger charge is 2.24. The normalized spacial score (nSPS) is 20.1. The monoisotopic (exact) mass is 264 g/mol. The SMILES string of the molecule is O=C1CCC(n2c(CCl)nc3cccnc32)CN1. The molecule has 1 amide bonds. The summed E-state index contributed by atoms with van der Waals surface area (Å²) < 4.78 is 2.06. The number of nitrogens with zero attached hydrogens (tertiary/aromatic N) is 3. The van der Waals surface area contributed by atoms with Crippen LogP contribution in [0.3, 0.4) is 0 Å². The number of aromatic nitrogens is 3. The number of imidazole rings is 1. The van der Waals surface area contributed by atoms with Crippen molar-refractivity contribution in [1.29, 1.82) is 0 Å². The molecule has 5 nitrogen and oxygen atoms in total. The molecule has 1 N–H and O–H groups in total. The van der Waals surface area contributed by atoms with Gasteiger partial charge in [0.15, 0.2) is 5.65 Å². The van der Waals surface area contributed by atoms with Gasteiger partial charge in [-0.15, -0.1) is 11.6 Å². The van der Waals surface area contributed by atoms with Gasteiger partial charge in [0.1, 0.15) is 11.3 Å². The van der Waals surface area contributed by atoms with E-state index in [-0.39, 0.29) is 11.9 Å². The summed E-state index contributed by atoms with van der Waals surface area (Å²) in [4.78, 5) is 20.1. The molecule has 2 aromatic heterocycles. The third-order valence-electron chi connectivity index (χ3n) is 3.25. The Morgan fingerprint density at radius 1 is 1.56 bits per heavy atom. The zero-order valence-electron chi connectivity index (χ0n) is 9.77. The zero-order valence-corrected chi connectivity index (χ0v) is 10.5. The van der Waals surface area contributed by atoms with Crippen molar-refractivity contribution in [3.63, 3.8) is 0 Å². The number of piperidine rings is 1. The van der Waals surface area contributed by atoms with Gasteiger partial charge in [0.2, 0.25) is 5.91 Å². The minimum absolute atomic E-state index is 0.107. The van der Waals surface area contributed by atoms with Crippen LogP contribution in [0.15, 0.2) is 18.3 Å². The van der Waals surface area contributed by atoms with E-state index >= 15 is 0 Å². The molecule has 0 aliphatic carbocycles. The molecule has 1 fully saturated rings. The van der Waals surface area contributed by atoms with Crippen molar-refractivity contribution in [3.8, 4) is 0 Å². The van der Waals surface area contributed by atoms with E-state index in [9.17, 15) is 4.79 Å². The Balaban J connectivity index is 2.06. The van der Waals surface area contributed by atoms with Crippen LogP contribution in [0.1, 0.15) is 24.7 Å². The first-order valence-corrected chi connectivity index (χ1v) is 6.47. The number of fused-ring (bicyclic) bond motifs is 1. The van der Waals surface area contributed by atoms with Gasteiger partial charge in [0.05, 0.1) is 11.9 Å². The van der Waals surface area contributed by atoms with Crippen LogP contribution in [0.2, 0.25) is 0 Å². The fourth-order valence-corrected chi connectivity index (χ4v) is 2.58. The summed E-state index contributed by atoms with van der Waals surface area (Å²) in [5.74, 6) is 1.27. The average molecular weight is 265 g/mol. The van der Waals surface area contributed by atoms with E-state index in [1.165, 1.54) is 0 Å². The van der Waals surface area contributed by atoms with Gasteiger partial charge in [-0.1, -0.05) is 0 Å². The number of amides is 1. The molecule has 0 bridgehead atoms. The second kappa shape index (κ2) is 4.57. The third-order valence-corrected chi connectivity index (χ3v) is 3.49. The lowest BCUT2D eigenvalue weighted by Crippen LogP contribution is -2.36. The van der Waals surface area contributed by atoms with Gasteiger partial charge in [0, 0.05) is 19.2 Å². The Kier molecular flexibility index (Phi) is 2.91. The summed E-state index contributed by atoms with van der Waals surface area (Å²) in [5, 5.41) is 2.88. The van der Waals surface area contributed by atoms with E-state index in [0.29, 0.717) is 18.8 Å². The highest BCUT2D eigenvalue weighted by atomic mass is 35.5. The maximum absolute atomic E-state index is 11.2. The summed E-state index contributed by atoms with van der Waals surface area (Å²) >= 11 is 5.95. The smallest absolute Gasteiger partial charge is 0.220 e.